The van der Waals surface area contributed by atoms with Crippen LogP contribution in [0.4, 0.5) is 0 Å². The third-order valence-electron chi connectivity index (χ3n) is 4.34. The zero-order valence-electron chi connectivity index (χ0n) is 15.9. The number of ether oxygens (including phenoxy) is 2. The second kappa shape index (κ2) is 8.80. The van der Waals surface area contributed by atoms with Gasteiger partial charge in [-0.2, -0.15) is 0 Å². The number of halogens is 1. The molecule has 1 N–H and O–H groups in total. The van der Waals surface area contributed by atoms with Crippen molar-refractivity contribution in [3.05, 3.63) is 64.4 Å². The van der Waals surface area contributed by atoms with E-state index in [9.17, 15) is 4.79 Å². The van der Waals surface area contributed by atoms with E-state index in [2.05, 4.69) is 10.5 Å². The molecule has 0 aliphatic carbocycles. The lowest BCUT2D eigenvalue weighted by Gasteiger charge is -2.10. The molecule has 3 rings (SSSR count). The lowest BCUT2D eigenvalue weighted by atomic mass is 10.1. The fourth-order valence-electron chi connectivity index (χ4n) is 2.92. The van der Waals surface area contributed by atoms with Crippen LogP contribution in [0.25, 0.3) is 11.3 Å². The molecule has 0 atom stereocenters. The van der Waals surface area contributed by atoms with Gasteiger partial charge in [0.25, 0.3) is 5.91 Å². The molecule has 0 saturated heterocycles. The van der Waals surface area contributed by atoms with Gasteiger partial charge in [-0.25, -0.2) is 0 Å². The Kier molecular flexibility index (Phi) is 6.21. The molecule has 0 fully saturated rings. The average molecular weight is 401 g/mol. The Morgan fingerprint density at radius 3 is 2.64 bits per heavy atom. The lowest BCUT2D eigenvalue weighted by Crippen LogP contribution is -2.26. The molecule has 2 aromatic carbocycles. The van der Waals surface area contributed by atoms with Gasteiger partial charge in [-0.15, -0.1) is 0 Å². The van der Waals surface area contributed by atoms with Crippen LogP contribution >= 0.6 is 11.6 Å². The van der Waals surface area contributed by atoms with Crippen molar-refractivity contribution in [2.24, 2.45) is 0 Å². The number of aromatic nitrogens is 1. The molecule has 1 aromatic heterocycles. The van der Waals surface area contributed by atoms with Crippen LogP contribution in [0.1, 0.15) is 21.7 Å². The minimum absolute atomic E-state index is 0.241. The van der Waals surface area contributed by atoms with Crippen molar-refractivity contribution in [2.75, 3.05) is 20.8 Å². The zero-order chi connectivity index (χ0) is 20.1. The highest BCUT2D eigenvalue weighted by molar-refractivity contribution is 6.30. The molecule has 146 valence electrons. The van der Waals surface area contributed by atoms with Crippen LogP contribution in [0.3, 0.4) is 0 Å². The Labute approximate surface area is 168 Å². The Hall–Kier alpha value is -2.99. The predicted molar refractivity (Wildman–Crippen MR) is 107 cm³/mol. The fraction of sp³-hybridized carbons (Fsp3) is 0.238. The van der Waals surface area contributed by atoms with Crippen molar-refractivity contribution < 1.29 is 18.8 Å². The van der Waals surface area contributed by atoms with Gasteiger partial charge in [0.2, 0.25) is 0 Å². The van der Waals surface area contributed by atoms with Crippen LogP contribution in [0.5, 0.6) is 11.5 Å². The maximum Gasteiger partial charge on any atom is 0.257 e. The normalized spacial score (nSPS) is 10.6. The molecule has 7 heteroatoms. The number of hydrogen-bond acceptors (Lipinski definition) is 5. The van der Waals surface area contributed by atoms with Crippen LogP contribution in [0.2, 0.25) is 5.02 Å². The molecule has 0 aliphatic rings. The molecular weight excluding hydrogens is 380 g/mol. The second-order valence-electron chi connectivity index (χ2n) is 6.17. The van der Waals surface area contributed by atoms with Crippen molar-refractivity contribution in [1.29, 1.82) is 0 Å². The molecular formula is C21H21ClN2O4. The largest absolute Gasteiger partial charge is 0.493 e. The molecule has 0 spiro atoms. The third-order valence-corrected chi connectivity index (χ3v) is 4.57. The Bertz CT molecular complexity index is 984. The van der Waals surface area contributed by atoms with E-state index in [1.165, 1.54) is 0 Å². The van der Waals surface area contributed by atoms with E-state index in [1.807, 2.05) is 24.3 Å². The quantitative estimate of drug-likeness (QED) is 0.640. The summed E-state index contributed by atoms with van der Waals surface area (Å²) in [7, 11) is 3.19. The SMILES string of the molecule is COc1ccc(CCNC(=O)c2c(-c3cccc(Cl)c3)noc2C)cc1OC. The zero-order valence-corrected chi connectivity index (χ0v) is 16.7. The molecule has 1 amide bonds. The Morgan fingerprint density at radius 2 is 1.93 bits per heavy atom. The number of methoxy groups -OCH3 is 2. The number of nitrogens with one attached hydrogen (secondary N) is 1. The van der Waals surface area contributed by atoms with Crippen LogP contribution in [0, 0.1) is 6.92 Å². The van der Waals surface area contributed by atoms with Gasteiger partial charge < -0.3 is 19.3 Å². The molecule has 0 aliphatic heterocycles. The molecule has 0 bridgehead atoms. The maximum absolute atomic E-state index is 12.7. The van der Waals surface area contributed by atoms with Gasteiger partial charge in [-0.1, -0.05) is 35.0 Å². The Balaban J connectivity index is 1.70. The second-order valence-corrected chi connectivity index (χ2v) is 6.60. The van der Waals surface area contributed by atoms with Gasteiger partial charge in [0.1, 0.15) is 17.0 Å². The van der Waals surface area contributed by atoms with Crippen molar-refractivity contribution in [3.63, 3.8) is 0 Å². The van der Waals surface area contributed by atoms with Crippen molar-refractivity contribution >= 4 is 17.5 Å². The van der Waals surface area contributed by atoms with E-state index in [4.69, 9.17) is 25.6 Å². The molecule has 1 heterocycles. The van der Waals surface area contributed by atoms with Gasteiger partial charge in [-0.3, -0.25) is 4.79 Å². The van der Waals surface area contributed by atoms with E-state index < -0.39 is 0 Å². The summed E-state index contributed by atoms with van der Waals surface area (Å²) in [5, 5.41) is 7.52. The topological polar surface area (TPSA) is 73.6 Å². The summed E-state index contributed by atoms with van der Waals surface area (Å²) >= 11 is 6.05. The van der Waals surface area contributed by atoms with Crippen LogP contribution in [-0.4, -0.2) is 31.8 Å². The van der Waals surface area contributed by atoms with E-state index in [0.29, 0.717) is 46.5 Å². The Morgan fingerprint density at radius 1 is 1.14 bits per heavy atom. The number of amides is 1. The smallest absolute Gasteiger partial charge is 0.257 e. The average Bonchev–Trinajstić information content (AvgIpc) is 3.09. The number of carbonyl (C=O) groups excluding carboxylic acids is 1. The summed E-state index contributed by atoms with van der Waals surface area (Å²) in [5.41, 5.74) is 2.64. The highest BCUT2D eigenvalue weighted by Gasteiger charge is 2.21. The highest BCUT2D eigenvalue weighted by atomic mass is 35.5. The molecule has 28 heavy (non-hydrogen) atoms. The highest BCUT2D eigenvalue weighted by Crippen LogP contribution is 2.28. The number of nitrogens with zero attached hydrogens (tertiary/aromatic N) is 1. The standard InChI is InChI=1S/C21H21ClN2O4/c1-13-19(20(24-28-13)15-5-4-6-16(22)12-15)21(25)23-10-9-14-7-8-17(26-2)18(11-14)27-3/h4-8,11-12H,9-10H2,1-3H3,(H,23,25). The summed E-state index contributed by atoms with van der Waals surface area (Å²) in [4.78, 5) is 12.7. The monoisotopic (exact) mass is 400 g/mol. The summed E-state index contributed by atoms with van der Waals surface area (Å²) in [6, 6.07) is 12.8. The van der Waals surface area contributed by atoms with Gasteiger partial charge in [0.05, 0.1) is 14.2 Å². The lowest BCUT2D eigenvalue weighted by molar-refractivity contribution is 0.0953. The minimum Gasteiger partial charge on any atom is -0.493 e. The first-order valence-corrected chi connectivity index (χ1v) is 9.12. The number of hydrogen-bond donors (Lipinski definition) is 1. The van der Waals surface area contributed by atoms with Crippen molar-refractivity contribution in [1.82, 2.24) is 10.5 Å². The van der Waals surface area contributed by atoms with Gasteiger partial charge >= 0.3 is 0 Å². The summed E-state index contributed by atoms with van der Waals surface area (Å²) in [5.74, 6) is 1.54. The van der Waals surface area contributed by atoms with Gasteiger partial charge in [0, 0.05) is 17.1 Å². The first-order chi connectivity index (χ1) is 13.5. The summed E-state index contributed by atoms with van der Waals surface area (Å²) in [6.07, 6.45) is 0.642. The number of rotatable bonds is 7. The predicted octanol–water partition coefficient (Wildman–Crippen LogP) is 4.29. The fourth-order valence-corrected chi connectivity index (χ4v) is 3.11. The molecule has 0 saturated carbocycles. The van der Waals surface area contributed by atoms with Crippen molar-refractivity contribution in [3.8, 4) is 22.8 Å². The molecule has 0 unspecified atom stereocenters. The van der Waals surface area contributed by atoms with Crippen LogP contribution < -0.4 is 14.8 Å². The van der Waals surface area contributed by atoms with Crippen LogP contribution in [0.15, 0.2) is 47.0 Å². The molecule has 6 nitrogen and oxygen atoms in total. The molecule has 0 radical (unpaired) electrons. The maximum atomic E-state index is 12.7. The summed E-state index contributed by atoms with van der Waals surface area (Å²) in [6.45, 7) is 2.16. The molecule has 3 aromatic rings. The third kappa shape index (κ3) is 4.28. The van der Waals surface area contributed by atoms with Gasteiger partial charge in [0.15, 0.2) is 11.5 Å². The first-order valence-electron chi connectivity index (χ1n) is 8.74. The van der Waals surface area contributed by atoms with Crippen LogP contribution in [-0.2, 0) is 6.42 Å². The van der Waals surface area contributed by atoms with E-state index in [-0.39, 0.29) is 5.91 Å². The van der Waals surface area contributed by atoms with Crippen molar-refractivity contribution in [2.45, 2.75) is 13.3 Å². The number of carbonyl (C=O) groups is 1. The number of aryl methyl sites for hydroxylation is 1. The summed E-state index contributed by atoms with van der Waals surface area (Å²) < 4.78 is 15.8. The van der Waals surface area contributed by atoms with E-state index in [1.54, 1.807) is 39.3 Å². The van der Waals surface area contributed by atoms with E-state index in [0.717, 1.165) is 11.1 Å². The van der Waals surface area contributed by atoms with E-state index >= 15 is 0 Å². The number of benzene rings is 2. The first kappa shape index (κ1) is 19.8. The van der Waals surface area contributed by atoms with Gasteiger partial charge in [-0.05, 0) is 43.2 Å². The minimum atomic E-state index is -0.241.